The van der Waals surface area contributed by atoms with Gasteiger partial charge in [-0.05, 0) is 11.9 Å². The van der Waals surface area contributed by atoms with Crippen LogP contribution in [0.25, 0.3) is 0 Å². The standard InChI is InChI=1S/C6H4N2O2/c7-3-4-1-2-5(9)8-6(4)10/h1-2H,(H2,8,9,10)/p-1. The highest BCUT2D eigenvalue weighted by Gasteiger charge is 1.89. The van der Waals surface area contributed by atoms with Crippen LogP contribution in [0.4, 0.5) is 0 Å². The molecule has 0 saturated carbocycles. The van der Waals surface area contributed by atoms with E-state index in [0.717, 1.165) is 6.07 Å². The lowest BCUT2D eigenvalue weighted by atomic mass is 10.3. The zero-order valence-electron chi connectivity index (χ0n) is 4.92. The normalized spacial score (nSPS) is 8.70. The lowest BCUT2D eigenvalue weighted by Crippen LogP contribution is -2.09. The summed E-state index contributed by atoms with van der Waals surface area (Å²) in [5.74, 6) is -0.630. The molecule has 4 nitrogen and oxygen atoms in total. The molecule has 10 heavy (non-hydrogen) atoms. The molecular formula is C6H3N2O2-. The smallest absolute Gasteiger partial charge is 0.247 e. The second-order valence-electron chi connectivity index (χ2n) is 1.68. The van der Waals surface area contributed by atoms with Gasteiger partial charge in [0.15, 0.2) is 0 Å². The topological polar surface area (TPSA) is 79.7 Å². The molecule has 1 aromatic heterocycles. The molecule has 0 bridgehead atoms. The quantitative estimate of drug-likeness (QED) is 0.511. The van der Waals surface area contributed by atoms with Gasteiger partial charge in [-0.15, -0.1) is 0 Å². The second kappa shape index (κ2) is 2.23. The average molecular weight is 135 g/mol. The van der Waals surface area contributed by atoms with Gasteiger partial charge in [-0.25, -0.2) is 0 Å². The third kappa shape index (κ3) is 0.977. The van der Waals surface area contributed by atoms with Crippen LogP contribution in [0.3, 0.4) is 0 Å². The van der Waals surface area contributed by atoms with Gasteiger partial charge >= 0.3 is 0 Å². The van der Waals surface area contributed by atoms with E-state index in [2.05, 4.69) is 0 Å². The van der Waals surface area contributed by atoms with Crippen molar-refractivity contribution in [1.82, 2.24) is 4.98 Å². The van der Waals surface area contributed by atoms with Crippen molar-refractivity contribution in [1.29, 1.82) is 5.26 Å². The Morgan fingerprint density at radius 2 is 2.30 bits per heavy atom. The summed E-state index contributed by atoms with van der Waals surface area (Å²) in [5, 5.41) is 18.8. The number of hydrogen-bond acceptors (Lipinski definition) is 3. The molecule has 0 unspecified atom stereocenters. The van der Waals surface area contributed by atoms with Crippen LogP contribution in [-0.2, 0) is 0 Å². The molecule has 0 spiro atoms. The van der Waals surface area contributed by atoms with Crippen molar-refractivity contribution in [3.05, 3.63) is 28.0 Å². The number of aromatic amines is 1. The fourth-order valence-corrected chi connectivity index (χ4v) is 0.544. The number of hydrogen-bond donors (Lipinski definition) is 1. The first kappa shape index (κ1) is 6.36. The van der Waals surface area contributed by atoms with Crippen LogP contribution >= 0.6 is 0 Å². The van der Waals surface area contributed by atoms with Crippen molar-refractivity contribution in [2.75, 3.05) is 0 Å². The first-order valence-electron chi connectivity index (χ1n) is 2.54. The van der Waals surface area contributed by atoms with Gasteiger partial charge < -0.3 is 10.1 Å². The summed E-state index contributed by atoms with van der Waals surface area (Å²) in [6, 6.07) is 3.97. The van der Waals surface area contributed by atoms with E-state index in [-0.39, 0.29) is 5.56 Å². The number of nitrogens with zero attached hydrogens (tertiary/aromatic N) is 1. The van der Waals surface area contributed by atoms with Crippen molar-refractivity contribution >= 4 is 0 Å². The molecule has 0 atom stereocenters. The van der Waals surface area contributed by atoms with Gasteiger partial charge in [0.2, 0.25) is 5.56 Å². The number of nitrogens with one attached hydrogen (secondary N) is 1. The third-order valence-corrected chi connectivity index (χ3v) is 1.00. The first-order chi connectivity index (χ1) is 4.74. The van der Waals surface area contributed by atoms with Crippen LogP contribution in [0.5, 0.6) is 5.88 Å². The Balaban J connectivity index is 3.37. The van der Waals surface area contributed by atoms with Crippen LogP contribution in [0, 0.1) is 11.3 Å². The molecule has 0 aliphatic rings. The number of nitriles is 1. The molecule has 0 amide bonds. The van der Waals surface area contributed by atoms with Crippen LogP contribution in [-0.4, -0.2) is 4.98 Å². The maximum absolute atomic E-state index is 10.6. The monoisotopic (exact) mass is 135 g/mol. The van der Waals surface area contributed by atoms with Gasteiger partial charge in [-0.1, -0.05) is 0 Å². The molecule has 50 valence electrons. The van der Waals surface area contributed by atoms with Gasteiger partial charge in [-0.3, -0.25) is 4.79 Å². The van der Waals surface area contributed by atoms with E-state index in [9.17, 15) is 9.90 Å². The lowest BCUT2D eigenvalue weighted by Gasteiger charge is -2.03. The number of H-pyrrole nitrogens is 1. The Bertz CT molecular complexity index is 334. The minimum absolute atomic E-state index is 0.0420. The van der Waals surface area contributed by atoms with Crippen LogP contribution in [0.1, 0.15) is 5.56 Å². The Morgan fingerprint density at radius 3 is 2.80 bits per heavy atom. The van der Waals surface area contributed by atoms with Gasteiger partial charge in [0.25, 0.3) is 0 Å². The summed E-state index contributed by atoms with van der Waals surface area (Å²) in [6.07, 6.45) is 0. The van der Waals surface area contributed by atoms with Gasteiger partial charge in [0.1, 0.15) is 6.07 Å². The van der Waals surface area contributed by atoms with E-state index < -0.39 is 11.4 Å². The van der Waals surface area contributed by atoms with Crippen LogP contribution in [0.15, 0.2) is 16.9 Å². The van der Waals surface area contributed by atoms with Crippen LogP contribution in [0.2, 0.25) is 0 Å². The zero-order chi connectivity index (χ0) is 7.56. The molecule has 1 heterocycles. The van der Waals surface area contributed by atoms with Crippen molar-refractivity contribution in [3.63, 3.8) is 0 Å². The minimum atomic E-state index is -0.630. The third-order valence-electron chi connectivity index (χ3n) is 1.00. The van der Waals surface area contributed by atoms with E-state index in [1.807, 2.05) is 4.98 Å². The van der Waals surface area contributed by atoms with Crippen molar-refractivity contribution in [2.45, 2.75) is 0 Å². The summed E-state index contributed by atoms with van der Waals surface area (Å²) in [4.78, 5) is 12.3. The second-order valence-corrected chi connectivity index (χ2v) is 1.68. The fraction of sp³-hybridized carbons (Fsp3) is 0. The predicted molar refractivity (Wildman–Crippen MR) is 31.2 cm³/mol. The highest BCUT2D eigenvalue weighted by molar-refractivity contribution is 5.34. The van der Waals surface area contributed by atoms with E-state index in [1.54, 1.807) is 6.07 Å². The fourth-order valence-electron chi connectivity index (χ4n) is 0.544. The van der Waals surface area contributed by atoms with Crippen molar-refractivity contribution in [3.8, 4) is 11.9 Å². The molecule has 0 aromatic carbocycles. The van der Waals surface area contributed by atoms with Crippen molar-refractivity contribution in [2.24, 2.45) is 0 Å². The van der Waals surface area contributed by atoms with Gasteiger partial charge in [0, 0.05) is 6.07 Å². The molecule has 0 aliphatic heterocycles. The zero-order valence-corrected chi connectivity index (χ0v) is 4.92. The summed E-state index contributed by atoms with van der Waals surface area (Å²) < 4.78 is 0. The molecule has 1 rings (SSSR count). The molecule has 0 fully saturated rings. The minimum Gasteiger partial charge on any atom is -0.859 e. The molecule has 1 aromatic rings. The number of pyridine rings is 1. The van der Waals surface area contributed by atoms with Crippen LogP contribution < -0.4 is 10.7 Å². The summed E-state index contributed by atoms with van der Waals surface area (Å²) in [5.41, 5.74) is -0.524. The lowest BCUT2D eigenvalue weighted by molar-refractivity contribution is -0.275. The van der Waals surface area contributed by atoms with E-state index in [4.69, 9.17) is 5.26 Å². The van der Waals surface area contributed by atoms with E-state index >= 15 is 0 Å². The number of rotatable bonds is 0. The molecule has 0 radical (unpaired) electrons. The van der Waals surface area contributed by atoms with Crippen molar-refractivity contribution < 1.29 is 5.11 Å². The maximum Gasteiger partial charge on any atom is 0.247 e. The molecule has 0 aliphatic carbocycles. The van der Waals surface area contributed by atoms with E-state index in [1.165, 1.54) is 6.07 Å². The highest BCUT2D eigenvalue weighted by Crippen LogP contribution is 2.02. The first-order valence-corrected chi connectivity index (χ1v) is 2.54. The van der Waals surface area contributed by atoms with E-state index in [0.29, 0.717) is 0 Å². The molecule has 4 heteroatoms. The Labute approximate surface area is 56.4 Å². The maximum atomic E-state index is 10.6. The largest absolute Gasteiger partial charge is 0.859 e. The average Bonchev–Trinajstić information content (AvgIpc) is 1.88. The summed E-state index contributed by atoms with van der Waals surface area (Å²) in [6.45, 7) is 0. The van der Waals surface area contributed by atoms with Gasteiger partial charge in [-0.2, -0.15) is 5.26 Å². The predicted octanol–water partition coefficient (Wildman–Crippen LogP) is -0.680. The molecule has 0 saturated heterocycles. The molecule has 1 N–H and O–H groups in total. The SMILES string of the molecule is N#Cc1ccc(=O)[nH]c1[O-]. The molecular weight excluding hydrogens is 132 g/mol. The number of aromatic nitrogens is 1. The highest BCUT2D eigenvalue weighted by atomic mass is 16.3. The Morgan fingerprint density at radius 1 is 1.60 bits per heavy atom. The Kier molecular flexibility index (Phi) is 1.42. The summed E-state index contributed by atoms with van der Waals surface area (Å²) in [7, 11) is 0. The van der Waals surface area contributed by atoms with Gasteiger partial charge in [0.05, 0.1) is 5.56 Å². The summed E-state index contributed by atoms with van der Waals surface area (Å²) >= 11 is 0. The Hall–Kier alpha value is -1.76.